The molecule has 1 aromatic carbocycles. The van der Waals surface area contributed by atoms with Gasteiger partial charge in [-0.1, -0.05) is 32.9 Å². The minimum atomic E-state index is -1.98. The molecule has 1 heterocycles. The summed E-state index contributed by atoms with van der Waals surface area (Å²) in [5.74, 6) is -0.169. The maximum absolute atomic E-state index is 14.1. The number of nitrogens with zero attached hydrogens (tertiary/aromatic N) is 2. The van der Waals surface area contributed by atoms with E-state index >= 15 is 0 Å². The molecule has 5 nitrogen and oxygen atoms in total. The fourth-order valence-electron chi connectivity index (χ4n) is 3.71. The molecule has 0 aromatic heterocycles. The second-order valence-corrected chi connectivity index (χ2v) is 16.1. The van der Waals surface area contributed by atoms with Gasteiger partial charge in [0.25, 0.3) is 0 Å². The van der Waals surface area contributed by atoms with E-state index in [2.05, 4.69) is 33.9 Å². The van der Waals surface area contributed by atoms with Crippen molar-refractivity contribution in [1.82, 2.24) is 4.90 Å². The molecule has 1 fully saturated rings. The number of carbonyl (C=O) groups excluding carboxylic acids is 1. The molecule has 0 aliphatic carbocycles. The van der Waals surface area contributed by atoms with E-state index in [0.717, 1.165) is 12.0 Å². The maximum Gasteiger partial charge on any atom is 0.410 e. The number of carbonyl (C=O) groups is 1. The van der Waals surface area contributed by atoms with Gasteiger partial charge in [-0.3, -0.25) is 0 Å². The molecular weight excluding hydrogens is 423 g/mol. The number of hydrogen-bond acceptors (Lipinski definition) is 4. The van der Waals surface area contributed by atoms with Crippen molar-refractivity contribution >= 4 is 14.4 Å². The lowest BCUT2D eigenvalue weighted by atomic mass is 9.80. The molecule has 0 N–H and O–H groups in total. The highest BCUT2D eigenvalue weighted by Gasteiger charge is 2.40. The zero-order valence-electron chi connectivity index (χ0n) is 20.9. The Bertz CT molecular complexity index is 852. The highest BCUT2D eigenvalue weighted by atomic mass is 28.4. The number of amides is 1. The van der Waals surface area contributed by atoms with Crippen molar-refractivity contribution in [2.45, 2.75) is 84.0 Å². The third kappa shape index (κ3) is 6.79. The minimum Gasteiger partial charge on any atom is -0.444 e. The number of piperidine rings is 1. The van der Waals surface area contributed by atoms with Crippen LogP contribution in [0, 0.1) is 23.1 Å². The van der Waals surface area contributed by atoms with Crippen LogP contribution in [-0.4, -0.2) is 44.6 Å². The van der Waals surface area contributed by atoms with Crippen molar-refractivity contribution < 1.29 is 18.3 Å². The first-order valence-electron chi connectivity index (χ1n) is 11.4. The minimum absolute atomic E-state index is 0.0432. The molecule has 2 rings (SSSR count). The summed E-state index contributed by atoms with van der Waals surface area (Å²) in [4.78, 5) is 14.5. The molecule has 1 aromatic rings. The lowest BCUT2D eigenvalue weighted by molar-refractivity contribution is 0.0106. The van der Waals surface area contributed by atoms with Crippen LogP contribution < -0.4 is 0 Å². The molecule has 0 unspecified atom stereocenters. The lowest BCUT2D eigenvalue weighted by Crippen LogP contribution is -2.48. The fraction of sp³-hybridized carbons (Fsp3) is 0.680. The molecule has 1 amide bonds. The van der Waals surface area contributed by atoms with Crippen LogP contribution in [0.3, 0.4) is 0 Å². The zero-order chi connectivity index (χ0) is 24.3. The molecule has 1 aliphatic rings. The topological polar surface area (TPSA) is 62.6 Å². The second kappa shape index (κ2) is 9.92. The molecule has 7 heteroatoms. The quantitative estimate of drug-likeness (QED) is 0.485. The third-order valence-corrected chi connectivity index (χ3v) is 11.1. The van der Waals surface area contributed by atoms with Crippen LogP contribution in [-0.2, 0) is 15.6 Å². The van der Waals surface area contributed by atoms with Crippen molar-refractivity contribution in [2.24, 2.45) is 5.92 Å². The Morgan fingerprint density at radius 1 is 1.25 bits per heavy atom. The Morgan fingerprint density at radius 2 is 1.91 bits per heavy atom. The van der Waals surface area contributed by atoms with Crippen LogP contribution in [0.15, 0.2) is 18.2 Å². The van der Waals surface area contributed by atoms with Gasteiger partial charge in [0.15, 0.2) is 8.32 Å². The molecule has 178 valence electrons. The highest BCUT2D eigenvalue weighted by Crippen LogP contribution is 2.39. The summed E-state index contributed by atoms with van der Waals surface area (Å²) < 4.78 is 26.3. The average Bonchev–Trinajstić information content (AvgIpc) is 2.66. The lowest BCUT2D eigenvalue weighted by Gasteiger charge is -2.42. The number of benzene rings is 1. The molecule has 0 radical (unpaired) electrons. The van der Waals surface area contributed by atoms with Crippen LogP contribution >= 0.6 is 0 Å². The van der Waals surface area contributed by atoms with E-state index in [4.69, 9.17) is 14.4 Å². The average molecular weight is 463 g/mol. The molecule has 0 spiro atoms. The molecular formula is C25H39FN2O3Si. The molecule has 2 atom stereocenters. The van der Waals surface area contributed by atoms with E-state index in [1.54, 1.807) is 4.90 Å². The standard InChI is InChI=1S/C25H39FN2O3Si/c1-24(2,3)31-23(29)28-14-12-21(18-9-10-22(26)19(15-18)11-13-27)20(16-28)17-30-32(7,8)25(4,5)6/h9-10,15,20-21H,11-12,14,16-17H2,1-8H3/t20-,21+/m1/s1. The highest BCUT2D eigenvalue weighted by molar-refractivity contribution is 6.74. The summed E-state index contributed by atoms with van der Waals surface area (Å²) in [6.07, 6.45) is 0.474. The van der Waals surface area contributed by atoms with Crippen molar-refractivity contribution in [2.75, 3.05) is 19.7 Å². The smallest absolute Gasteiger partial charge is 0.410 e. The molecule has 0 saturated carbocycles. The van der Waals surface area contributed by atoms with Gasteiger partial charge in [-0.15, -0.1) is 0 Å². The fourth-order valence-corrected chi connectivity index (χ4v) is 4.77. The Morgan fingerprint density at radius 3 is 2.47 bits per heavy atom. The molecule has 32 heavy (non-hydrogen) atoms. The Kier molecular flexibility index (Phi) is 8.17. The van der Waals surface area contributed by atoms with E-state index in [1.165, 1.54) is 6.07 Å². The summed E-state index contributed by atoms with van der Waals surface area (Å²) in [7, 11) is -1.98. The van der Waals surface area contributed by atoms with Crippen molar-refractivity contribution in [1.29, 1.82) is 5.26 Å². The first-order valence-corrected chi connectivity index (χ1v) is 14.3. The van der Waals surface area contributed by atoms with Crippen LogP contribution in [0.4, 0.5) is 9.18 Å². The summed E-state index contributed by atoms with van der Waals surface area (Å²) in [6.45, 7) is 18.3. The number of rotatable bonds is 5. The maximum atomic E-state index is 14.1. The first kappa shape index (κ1) is 26.3. The van der Waals surface area contributed by atoms with Gasteiger partial charge in [0.2, 0.25) is 0 Å². The molecule has 1 saturated heterocycles. The predicted molar refractivity (Wildman–Crippen MR) is 128 cm³/mol. The van der Waals surface area contributed by atoms with Crippen molar-refractivity contribution in [3.63, 3.8) is 0 Å². The number of halogens is 1. The van der Waals surface area contributed by atoms with E-state index in [1.807, 2.05) is 39.0 Å². The van der Waals surface area contributed by atoms with Crippen LogP contribution in [0.1, 0.15) is 65.0 Å². The monoisotopic (exact) mass is 462 g/mol. The van der Waals surface area contributed by atoms with E-state index < -0.39 is 13.9 Å². The van der Waals surface area contributed by atoms with Crippen molar-refractivity contribution in [3.05, 3.63) is 35.1 Å². The zero-order valence-corrected chi connectivity index (χ0v) is 21.9. The van der Waals surface area contributed by atoms with Gasteiger partial charge in [-0.2, -0.15) is 5.26 Å². The van der Waals surface area contributed by atoms with Gasteiger partial charge in [0.05, 0.1) is 12.5 Å². The Labute approximate surface area is 194 Å². The van der Waals surface area contributed by atoms with E-state index in [0.29, 0.717) is 25.3 Å². The van der Waals surface area contributed by atoms with Gasteiger partial charge >= 0.3 is 6.09 Å². The largest absolute Gasteiger partial charge is 0.444 e. The second-order valence-electron chi connectivity index (χ2n) is 11.3. The van der Waals surface area contributed by atoms with Crippen LogP contribution in [0.25, 0.3) is 0 Å². The third-order valence-electron chi connectivity index (χ3n) is 6.62. The summed E-state index contributed by atoms with van der Waals surface area (Å²) >= 11 is 0. The van der Waals surface area contributed by atoms with Crippen LogP contribution in [0.5, 0.6) is 0 Å². The van der Waals surface area contributed by atoms with Crippen molar-refractivity contribution in [3.8, 4) is 6.07 Å². The van der Waals surface area contributed by atoms with Gasteiger partial charge in [0.1, 0.15) is 11.4 Å². The summed E-state index contributed by atoms with van der Waals surface area (Å²) in [5.41, 5.74) is 0.873. The number of nitriles is 1. The summed E-state index contributed by atoms with van der Waals surface area (Å²) in [5, 5.41) is 9.13. The van der Waals surface area contributed by atoms with Gasteiger partial charge in [-0.25, -0.2) is 9.18 Å². The van der Waals surface area contributed by atoms with E-state index in [9.17, 15) is 9.18 Å². The Balaban J connectivity index is 2.29. The predicted octanol–water partition coefficient (Wildman–Crippen LogP) is 6.25. The normalized spacial score (nSPS) is 20.1. The SMILES string of the molecule is CC(C)(C)OC(=O)N1CC[C@@H](c2ccc(F)c(CC#N)c2)[C@@H](CO[Si](C)(C)C(C)(C)C)C1. The van der Waals surface area contributed by atoms with Gasteiger partial charge in [0, 0.05) is 31.2 Å². The number of likely N-dealkylation sites (tertiary alicyclic amines) is 1. The molecule has 1 aliphatic heterocycles. The Hall–Kier alpha value is -1.91. The molecule has 0 bridgehead atoms. The van der Waals surface area contributed by atoms with Gasteiger partial charge in [-0.05, 0) is 62.9 Å². The first-order chi connectivity index (χ1) is 14.6. The van der Waals surface area contributed by atoms with E-state index in [-0.39, 0.29) is 35.2 Å². The van der Waals surface area contributed by atoms with Gasteiger partial charge < -0.3 is 14.1 Å². The summed E-state index contributed by atoms with van der Waals surface area (Å²) in [6, 6.07) is 7.12. The number of ether oxygens (including phenoxy) is 1. The number of hydrogen-bond donors (Lipinski definition) is 0. The van der Waals surface area contributed by atoms with Crippen LogP contribution in [0.2, 0.25) is 18.1 Å².